The van der Waals surface area contributed by atoms with E-state index >= 15 is 0 Å². The highest BCUT2D eigenvalue weighted by Crippen LogP contribution is 2.56. The molecule has 2 aromatic heterocycles. The maximum atomic E-state index is 5.05. The van der Waals surface area contributed by atoms with Crippen molar-refractivity contribution in [1.82, 2.24) is 19.5 Å². The summed E-state index contributed by atoms with van der Waals surface area (Å²) >= 11 is 0. The first kappa shape index (κ1) is 39.4. The number of fused-ring (bicyclic) bond motifs is 6. The summed E-state index contributed by atoms with van der Waals surface area (Å²) in [5.41, 5.74) is 17.1. The third-order valence-corrected chi connectivity index (χ3v) is 13.4. The van der Waals surface area contributed by atoms with E-state index in [1.165, 1.54) is 71.9 Å². The monoisotopic (exact) mass is 846 g/mol. The number of hydrogen-bond acceptors (Lipinski definition) is 3. The van der Waals surface area contributed by atoms with Gasteiger partial charge in [-0.15, -0.1) is 0 Å². The van der Waals surface area contributed by atoms with Gasteiger partial charge >= 0.3 is 0 Å². The van der Waals surface area contributed by atoms with Crippen LogP contribution in [0.3, 0.4) is 0 Å². The Hall–Kier alpha value is -8.21. The maximum Gasteiger partial charge on any atom is 0.164 e. The van der Waals surface area contributed by atoms with Crippen LogP contribution in [-0.4, -0.2) is 19.5 Å². The van der Waals surface area contributed by atoms with E-state index in [1.54, 1.807) is 0 Å². The largest absolute Gasteiger partial charge is 0.309 e. The minimum atomic E-state index is -0.552. The number of nitrogens with zero attached hydrogens (tertiary/aromatic N) is 4. The summed E-state index contributed by atoms with van der Waals surface area (Å²) < 4.78 is 2.41. The molecule has 11 aromatic rings. The molecule has 4 nitrogen and oxygen atoms in total. The minimum Gasteiger partial charge on any atom is -0.309 e. The predicted molar refractivity (Wildman–Crippen MR) is 272 cm³/mol. The van der Waals surface area contributed by atoms with Gasteiger partial charge in [-0.2, -0.15) is 0 Å². The highest BCUT2D eigenvalue weighted by molar-refractivity contribution is 6.09. The third kappa shape index (κ3) is 6.56. The maximum absolute atomic E-state index is 5.05. The van der Waals surface area contributed by atoms with Crippen molar-refractivity contribution in [1.29, 1.82) is 0 Å². The molecule has 9 aromatic carbocycles. The van der Waals surface area contributed by atoms with E-state index in [4.69, 9.17) is 15.0 Å². The lowest BCUT2D eigenvalue weighted by atomic mass is 9.67. The smallest absolute Gasteiger partial charge is 0.164 e. The fourth-order valence-electron chi connectivity index (χ4n) is 10.4. The quantitative estimate of drug-likeness (QED) is 0.145. The first-order chi connectivity index (χ1) is 32.5. The summed E-state index contributed by atoms with van der Waals surface area (Å²) in [4.78, 5) is 15.0. The van der Waals surface area contributed by atoms with Crippen molar-refractivity contribution >= 4 is 21.8 Å². The van der Waals surface area contributed by atoms with Gasteiger partial charge in [-0.25, -0.2) is 15.0 Å². The van der Waals surface area contributed by atoms with Crippen molar-refractivity contribution in [2.75, 3.05) is 0 Å². The predicted octanol–water partition coefficient (Wildman–Crippen LogP) is 15.2. The molecule has 1 aliphatic carbocycles. The second-order valence-electron chi connectivity index (χ2n) is 17.9. The van der Waals surface area contributed by atoms with Crippen LogP contribution in [-0.2, 0) is 11.8 Å². The second-order valence-corrected chi connectivity index (χ2v) is 17.9. The molecule has 0 saturated carbocycles. The van der Waals surface area contributed by atoms with Gasteiger partial charge in [0, 0.05) is 33.2 Å². The summed E-state index contributed by atoms with van der Waals surface area (Å²) in [5, 5.41) is 2.60. The molecule has 0 amide bonds. The van der Waals surface area contributed by atoms with Gasteiger partial charge in [0.05, 0.1) is 16.4 Å². The number of rotatable bonds is 9. The molecular formula is C62H46N4. The second kappa shape index (κ2) is 16.1. The van der Waals surface area contributed by atoms with Gasteiger partial charge in [0.15, 0.2) is 17.5 Å². The molecule has 0 atom stereocenters. The SMILES string of the molecule is CC(C)Cc1ccc2c(c1)c1ccccc1n2-c1ccc(-c2ccc(C3(c4ccc(-c5nc(-c6ccccc6)nc(-c6ccccc6)n5)cc4)c4ccccc4-c4ccccc43)cc2)cc1. The van der Waals surface area contributed by atoms with Crippen molar-refractivity contribution < 1.29 is 0 Å². The van der Waals surface area contributed by atoms with Crippen LogP contribution >= 0.6 is 0 Å². The van der Waals surface area contributed by atoms with Gasteiger partial charge in [-0.3, -0.25) is 0 Å². The molecule has 0 radical (unpaired) electrons. The number of para-hydroxylation sites is 1. The zero-order chi connectivity index (χ0) is 44.2. The third-order valence-electron chi connectivity index (χ3n) is 13.4. The summed E-state index contributed by atoms with van der Waals surface area (Å²) in [6.07, 6.45) is 1.07. The van der Waals surface area contributed by atoms with Crippen LogP contribution in [0, 0.1) is 5.92 Å². The van der Waals surface area contributed by atoms with Crippen molar-refractivity contribution in [3.63, 3.8) is 0 Å². The van der Waals surface area contributed by atoms with E-state index in [-0.39, 0.29) is 0 Å². The molecule has 0 saturated heterocycles. The summed E-state index contributed by atoms with van der Waals surface area (Å²) in [7, 11) is 0. The summed E-state index contributed by atoms with van der Waals surface area (Å²) in [6, 6.07) is 81.1. The van der Waals surface area contributed by atoms with Crippen molar-refractivity contribution in [3.8, 4) is 62.1 Å². The van der Waals surface area contributed by atoms with Crippen LogP contribution in [0.4, 0.5) is 0 Å². The van der Waals surface area contributed by atoms with Crippen LogP contribution < -0.4 is 0 Å². The molecule has 2 heterocycles. The molecule has 0 spiro atoms. The Balaban J connectivity index is 0.938. The average molecular weight is 847 g/mol. The van der Waals surface area contributed by atoms with Gasteiger partial charge < -0.3 is 4.57 Å². The first-order valence-electron chi connectivity index (χ1n) is 22.9. The van der Waals surface area contributed by atoms with Crippen LogP contribution in [0.2, 0.25) is 0 Å². The Labute approximate surface area is 385 Å². The van der Waals surface area contributed by atoms with E-state index in [0.717, 1.165) is 28.8 Å². The van der Waals surface area contributed by atoms with Gasteiger partial charge in [-0.05, 0) is 92.7 Å². The van der Waals surface area contributed by atoms with Crippen LogP contribution in [0.5, 0.6) is 0 Å². The molecule has 0 N–H and O–H groups in total. The Kier molecular flexibility index (Phi) is 9.61. The van der Waals surface area contributed by atoms with Gasteiger partial charge in [0.1, 0.15) is 0 Å². The Morgan fingerprint density at radius 2 is 0.833 bits per heavy atom. The number of benzene rings is 9. The minimum absolute atomic E-state index is 0.552. The fraction of sp³-hybridized carbons (Fsp3) is 0.0806. The van der Waals surface area contributed by atoms with Crippen LogP contribution in [0.25, 0.3) is 83.9 Å². The molecule has 12 rings (SSSR count). The lowest BCUT2D eigenvalue weighted by Gasteiger charge is -2.34. The standard InChI is InChI=1S/C62H46N4/c1-41(2)39-42-25-38-58-54(40-42)53-21-11-14-24-57(53)66(58)50-36-30-44(31-37-50)43-26-32-48(33-27-43)62(55-22-12-9-19-51(55)52-20-10-13-23-56(52)62)49-34-28-47(29-35-49)61-64-59(45-15-5-3-6-16-45)63-60(65-61)46-17-7-4-8-18-46/h3-38,40-41H,39H2,1-2H3. The van der Waals surface area contributed by atoms with E-state index in [9.17, 15) is 0 Å². The lowest BCUT2D eigenvalue weighted by molar-refractivity contribution is 0.648. The Morgan fingerprint density at radius 1 is 0.394 bits per heavy atom. The van der Waals surface area contributed by atoms with Crippen molar-refractivity contribution in [2.45, 2.75) is 25.7 Å². The Bertz CT molecular complexity index is 3450. The highest BCUT2D eigenvalue weighted by atomic mass is 15.0. The normalized spacial score (nSPS) is 12.7. The van der Waals surface area contributed by atoms with Crippen molar-refractivity contribution in [2.24, 2.45) is 5.92 Å². The number of aromatic nitrogens is 4. The van der Waals surface area contributed by atoms with Gasteiger partial charge in [0.25, 0.3) is 0 Å². The average Bonchev–Trinajstić information content (AvgIpc) is 3.87. The molecule has 0 fully saturated rings. The summed E-state index contributed by atoms with van der Waals surface area (Å²) in [6.45, 7) is 4.57. The van der Waals surface area contributed by atoms with E-state index in [1.807, 2.05) is 60.7 Å². The van der Waals surface area contributed by atoms with E-state index in [2.05, 4.69) is 182 Å². The first-order valence-corrected chi connectivity index (χ1v) is 22.9. The van der Waals surface area contributed by atoms with Gasteiger partial charge in [0.2, 0.25) is 0 Å². The van der Waals surface area contributed by atoms with Crippen LogP contribution in [0.1, 0.15) is 41.7 Å². The fourth-order valence-corrected chi connectivity index (χ4v) is 10.4. The number of hydrogen-bond donors (Lipinski definition) is 0. The zero-order valence-electron chi connectivity index (χ0n) is 36.9. The molecule has 4 heteroatoms. The van der Waals surface area contributed by atoms with Gasteiger partial charge in [-0.1, -0.05) is 208 Å². The molecule has 0 unspecified atom stereocenters. The zero-order valence-corrected chi connectivity index (χ0v) is 36.9. The molecule has 0 aliphatic heterocycles. The lowest BCUT2D eigenvalue weighted by Crippen LogP contribution is -2.28. The van der Waals surface area contributed by atoms with E-state index in [0.29, 0.717) is 23.4 Å². The van der Waals surface area contributed by atoms with E-state index < -0.39 is 5.41 Å². The highest BCUT2D eigenvalue weighted by Gasteiger charge is 2.45. The molecule has 314 valence electrons. The van der Waals surface area contributed by atoms with Crippen molar-refractivity contribution in [3.05, 3.63) is 252 Å². The topological polar surface area (TPSA) is 43.6 Å². The molecule has 1 aliphatic rings. The Morgan fingerprint density at radius 3 is 1.38 bits per heavy atom. The van der Waals surface area contributed by atoms with Crippen LogP contribution in [0.15, 0.2) is 224 Å². The molecular weight excluding hydrogens is 801 g/mol. The molecule has 66 heavy (non-hydrogen) atoms. The molecule has 0 bridgehead atoms. The summed E-state index contributed by atoms with van der Waals surface area (Å²) in [5.74, 6) is 2.54.